The van der Waals surface area contributed by atoms with Gasteiger partial charge in [0.25, 0.3) is 0 Å². The van der Waals surface area contributed by atoms with E-state index in [0.29, 0.717) is 5.82 Å². The molecule has 0 radical (unpaired) electrons. The Kier molecular flexibility index (Phi) is 5.30. The van der Waals surface area contributed by atoms with Crippen molar-refractivity contribution in [1.82, 2.24) is 19.8 Å². The molecule has 0 spiro atoms. The minimum Gasteiger partial charge on any atom is -0.363 e. The molecule has 2 heterocycles. The second kappa shape index (κ2) is 8.29. The Morgan fingerprint density at radius 2 is 1.64 bits per heavy atom. The predicted molar refractivity (Wildman–Crippen MR) is 128 cm³/mol. The zero-order chi connectivity index (χ0) is 23.0. The molecule has 0 unspecified atom stereocenters. The van der Waals surface area contributed by atoms with Crippen molar-refractivity contribution in [3.05, 3.63) is 90.0 Å². The van der Waals surface area contributed by atoms with E-state index >= 15 is 0 Å². The quantitative estimate of drug-likeness (QED) is 0.392. The van der Waals surface area contributed by atoms with Gasteiger partial charge in [-0.25, -0.2) is 13.4 Å². The topological polar surface area (TPSA) is 89.2 Å². The van der Waals surface area contributed by atoms with E-state index < -0.39 is 9.84 Å². The van der Waals surface area contributed by atoms with Crippen LogP contribution < -0.4 is 5.32 Å². The summed E-state index contributed by atoms with van der Waals surface area (Å²) in [6.07, 6.45) is 0.831. The summed E-state index contributed by atoms with van der Waals surface area (Å²) in [7, 11) is -3.90. The number of para-hydroxylation sites is 1. The number of nitrogens with one attached hydrogen (secondary N) is 1. The fourth-order valence-corrected chi connectivity index (χ4v) is 5.11. The highest BCUT2D eigenvalue weighted by atomic mass is 32.2. The fourth-order valence-electron chi connectivity index (χ4n) is 3.88. The Balaban J connectivity index is 1.66. The molecule has 5 aromatic rings. The van der Waals surface area contributed by atoms with Crippen molar-refractivity contribution >= 4 is 32.2 Å². The van der Waals surface area contributed by atoms with Gasteiger partial charge in [0, 0.05) is 11.4 Å². The molecule has 0 saturated carbocycles. The lowest BCUT2D eigenvalue weighted by Gasteiger charge is -2.17. The van der Waals surface area contributed by atoms with Crippen LogP contribution in [0.25, 0.3) is 16.6 Å². The van der Waals surface area contributed by atoms with Gasteiger partial charge in [-0.3, -0.25) is 0 Å². The summed E-state index contributed by atoms with van der Waals surface area (Å²) < 4.78 is 28.3. The van der Waals surface area contributed by atoms with Crippen molar-refractivity contribution in [3.63, 3.8) is 0 Å². The van der Waals surface area contributed by atoms with E-state index in [2.05, 4.69) is 15.6 Å². The van der Waals surface area contributed by atoms with Crippen LogP contribution in [0.4, 0.5) is 5.82 Å². The van der Waals surface area contributed by atoms with Crippen LogP contribution >= 0.6 is 0 Å². The first-order valence-corrected chi connectivity index (χ1v) is 12.3. The van der Waals surface area contributed by atoms with Gasteiger partial charge in [-0.2, -0.15) is 4.52 Å². The third-order valence-corrected chi connectivity index (χ3v) is 7.44. The lowest BCUT2D eigenvalue weighted by atomic mass is 10.1. The molecule has 0 aliphatic heterocycles. The van der Waals surface area contributed by atoms with Gasteiger partial charge >= 0.3 is 0 Å². The summed E-state index contributed by atoms with van der Waals surface area (Å²) in [5, 5.41) is 12.3. The maximum atomic E-state index is 13.4. The first kappa shape index (κ1) is 21.1. The largest absolute Gasteiger partial charge is 0.363 e. The molecule has 0 amide bonds. The molecular weight excluding hydrogens is 434 g/mol. The van der Waals surface area contributed by atoms with E-state index in [1.54, 1.807) is 12.1 Å². The van der Waals surface area contributed by atoms with Crippen LogP contribution in [0.15, 0.2) is 88.8 Å². The van der Waals surface area contributed by atoms with Gasteiger partial charge < -0.3 is 5.32 Å². The normalized spacial score (nSPS) is 12.8. The predicted octanol–water partition coefficient (Wildman–Crippen LogP) is 4.85. The van der Waals surface area contributed by atoms with E-state index in [1.807, 2.05) is 80.6 Å². The number of hydrogen-bond donors (Lipinski definition) is 1. The molecule has 1 atom stereocenters. The zero-order valence-electron chi connectivity index (χ0n) is 18.3. The molecule has 0 fully saturated rings. The average Bonchev–Trinajstić information content (AvgIpc) is 3.30. The molecule has 0 aliphatic carbocycles. The molecular formula is C25H23N5O2S. The van der Waals surface area contributed by atoms with Gasteiger partial charge in [-0.15, -0.1) is 5.10 Å². The number of fused-ring (bicyclic) bond motifs is 3. The van der Waals surface area contributed by atoms with E-state index in [4.69, 9.17) is 4.98 Å². The van der Waals surface area contributed by atoms with Crippen LogP contribution in [-0.4, -0.2) is 28.2 Å². The third-order valence-electron chi connectivity index (χ3n) is 5.77. The first-order valence-electron chi connectivity index (χ1n) is 10.8. The van der Waals surface area contributed by atoms with Crippen LogP contribution in [0.3, 0.4) is 0 Å². The number of anilines is 1. The van der Waals surface area contributed by atoms with E-state index in [9.17, 15) is 8.42 Å². The van der Waals surface area contributed by atoms with Gasteiger partial charge in [-0.1, -0.05) is 66.7 Å². The number of nitrogens with zero attached hydrogens (tertiary/aromatic N) is 4. The first-order chi connectivity index (χ1) is 16.0. The number of aromatic nitrogens is 4. The van der Waals surface area contributed by atoms with Crippen LogP contribution in [0.2, 0.25) is 0 Å². The van der Waals surface area contributed by atoms with Gasteiger partial charge in [0.05, 0.1) is 10.4 Å². The molecule has 0 bridgehead atoms. The fraction of sp³-hybridized carbons (Fsp3) is 0.160. The molecule has 5 rings (SSSR count). The number of hydrogen-bond acceptors (Lipinski definition) is 6. The molecule has 166 valence electrons. The summed E-state index contributed by atoms with van der Waals surface area (Å²) >= 11 is 0. The van der Waals surface area contributed by atoms with E-state index in [0.717, 1.165) is 28.5 Å². The molecule has 8 heteroatoms. The Labute approximate surface area is 192 Å². The number of sulfone groups is 1. The smallest absolute Gasteiger partial charge is 0.229 e. The van der Waals surface area contributed by atoms with Crippen molar-refractivity contribution < 1.29 is 8.42 Å². The Morgan fingerprint density at radius 1 is 0.939 bits per heavy atom. The third kappa shape index (κ3) is 3.72. The maximum absolute atomic E-state index is 13.4. The highest BCUT2D eigenvalue weighted by Crippen LogP contribution is 2.30. The van der Waals surface area contributed by atoms with E-state index in [1.165, 1.54) is 4.52 Å². The van der Waals surface area contributed by atoms with Crippen LogP contribution in [0.1, 0.15) is 31.0 Å². The molecule has 3 aromatic carbocycles. The second-order valence-electron chi connectivity index (χ2n) is 7.89. The van der Waals surface area contributed by atoms with E-state index in [-0.39, 0.29) is 21.6 Å². The molecule has 1 N–H and O–H groups in total. The summed E-state index contributed by atoms with van der Waals surface area (Å²) in [6.45, 7) is 4.06. The van der Waals surface area contributed by atoms with Crippen molar-refractivity contribution in [2.24, 2.45) is 0 Å². The summed E-state index contributed by atoms with van der Waals surface area (Å²) in [4.78, 5) is 4.87. The maximum Gasteiger partial charge on any atom is 0.229 e. The lowest BCUT2D eigenvalue weighted by Crippen LogP contribution is -2.10. The number of aryl methyl sites for hydroxylation is 1. The van der Waals surface area contributed by atoms with Crippen molar-refractivity contribution in [1.29, 1.82) is 0 Å². The summed E-state index contributed by atoms with van der Waals surface area (Å²) in [6, 6.07) is 24.4. The Bertz CT molecular complexity index is 1550. The highest BCUT2D eigenvalue weighted by molar-refractivity contribution is 7.91. The number of benzene rings is 3. The van der Waals surface area contributed by atoms with Gasteiger partial charge in [0.1, 0.15) is 5.82 Å². The summed E-state index contributed by atoms with van der Waals surface area (Å²) in [5.74, 6) is 0.578. The van der Waals surface area contributed by atoms with Crippen molar-refractivity contribution in [3.8, 4) is 0 Å². The van der Waals surface area contributed by atoms with Gasteiger partial charge in [-0.05, 0) is 48.7 Å². The molecule has 2 aromatic heterocycles. The van der Waals surface area contributed by atoms with Crippen LogP contribution in [0.5, 0.6) is 0 Å². The Morgan fingerprint density at radius 3 is 2.36 bits per heavy atom. The number of rotatable bonds is 6. The lowest BCUT2D eigenvalue weighted by molar-refractivity contribution is 0.592. The van der Waals surface area contributed by atoms with Gasteiger partial charge in [0.2, 0.25) is 14.9 Å². The zero-order valence-corrected chi connectivity index (χ0v) is 19.1. The highest BCUT2D eigenvalue weighted by Gasteiger charge is 2.27. The summed E-state index contributed by atoms with van der Waals surface area (Å²) in [5.41, 5.74) is 3.07. The average molecular weight is 458 g/mol. The monoisotopic (exact) mass is 457 g/mol. The van der Waals surface area contributed by atoms with Crippen LogP contribution in [-0.2, 0) is 16.3 Å². The standard InChI is InChI=1S/C25H23N5O2S/c1-3-18-13-15-20(16-14-18)33(31,32)25-24-27-23(26-17(2)19-9-5-4-6-10-19)21-11-7-8-12-22(21)30(24)29-28-25/h4-17H,3H2,1-2H3,(H,26,27)/t17-/m1/s1. The SMILES string of the molecule is CCc1ccc(S(=O)(=O)c2nnn3c2nc(N[C@H](C)c2ccccc2)c2ccccc23)cc1. The Hall–Kier alpha value is -3.78. The van der Waals surface area contributed by atoms with Crippen LogP contribution in [0, 0.1) is 0 Å². The van der Waals surface area contributed by atoms with Crippen molar-refractivity contribution in [2.75, 3.05) is 5.32 Å². The molecule has 0 saturated heterocycles. The van der Waals surface area contributed by atoms with Gasteiger partial charge in [0.15, 0.2) is 5.65 Å². The van der Waals surface area contributed by atoms with Crippen molar-refractivity contribution in [2.45, 2.75) is 36.2 Å². The second-order valence-corrected chi connectivity index (χ2v) is 9.75. The molecule has 33 heavy (non-hydrogen) atoms. The minimum atomic E-state index is -3.90. The molecule has 7 nitrogen and oxygen atoms in total. The molecule has 0 aliphatic rings. The minimum absolute atomic E-state index is 0.0397.